The van der Waals surface area contributed by atoms with Crippen LogP contribution in [0.1, 0.15) is 44.2 Å². The van der Waals surface area contributed by atoms with Crippen molar-refractivity contribution in [2.24, 2.45) is 17.6 Å². The molecule has 1 aliphatic carbocycles. The molecule has 2 amide bonds. The molecule has 1 saturated heterocycles. The Morgan fingerprint density at radius 3 is 2.28 bits per heavy atom. The van der Waals surface area contributed by atoms with Gasteiger partial charge in [0.1, 0.15) is 0 Å². The van der Waals surface area contributed by atoms with Gasteiger partial charge in [0.2, 0.25) is 11.8 Å². The summed E-state index contributed by atoms with van der Waals surface area (Å²) in [4.78, 5) is 26.5. The van der Waals surface area contributed by atoms with E-state index < -0.39 is 0 Å². The van der Waals surface area contributed by atoms with Crippen LogP contribution in [0.3, 0.4) is 0 Å². The van der Waals surface area contributed by atoms with Crippen LogP contribution in [0.15, 0.2) is 30.3 Å². The van der Waals surface area contributed by atoms with Crippen molar-refractivity contribution in [1.82, 2.24) is 10.2 Å². The zero-order valence-electron chi connectivity index (χ0n) is 14.7. The van der Waals surface area contributed by atoms with Crippen LogP contribution in [0.2, 0.25) is 0 Å². The van der Waals surface area contributed by atoms with Crippen LogP contribution in [0, 0.1) is 11.8 Å². The summed E-state index contributed by atoms with van der Waals surface area (Å²) in [6.07, 6.45) is 3.75. The molecule has 6 heteroatoms. The number of carbonyl (C=O) groups excluding carboxylic acids is 2. The fourth-order valence-electron chi connectivity index (χ4n) is 3.29. The number of rotatable bonds is 5. The predicted octanol–water partition coefficient (Wildman–Crippen LogP) is 2.26. The summed E-state index contributed by atoms with van der Waals surface area (Å²) >= 11 is 0. The molecule has 2 atom stereocenters. The molecule has 1 heterocycles. The lowest BCUT2D eigenvalue weighted by Gasteiger charge is -2.33. The average Bonchev–Trinajstić information content (AvgIpc) is 3.46. The second-order valence-corrected chi connectivity index (χ2v) is 7.11. The number of benzene rings is 1. The zero-order valence-corrected chi connectivity index (χ0v) is 15.5. The molecular formula is C19H28ClN3O2. The second-order valence-electron chi connectivity index (χ2n) is 7.11. The van der Waals surface area contributed by atoms with Gasteiger partial charge in [-0.05, 0) is 31.2 Å². The van der Waals surface area contributed by atoms with Crippen molar-refractivity contribution in [3.8, 4) is 0 Å². The third kappa shape index (κ3) is 4.95. The maximum Gasteiger partial charge on any atom is 0.225 e. The van der Waals surface area contributed by atoms with Gasteiger partial charge < -0.3 is 16.0 Å². The van der Waals surface area contributed by atoms with Crippen LogP contribution in [0.25, 0.3) is 0 Å². The van der Waals surface area contributed by atoms with Gasteiger partial charge in [-0.25, -0.2) is 0 Å². The number of amides is 2. The summed E-state index contributed by atoms with van der Waals surface area (Å²) in [5.74, 6) is 0.302. The molecule has 5 nitrogen and oxygen atoms in total. The van der Waals surface area contributed by atoms with Crippen molar-refractivity contribution in [1.29, 1.82) is 0 Å². The van der Waals surface area contributed by atoms with E-state index in [2.05, 4.69) is 5.32 Å². The number of carbonyl (C=O) groups is 2. The topological polar surface area (TPSA) is 75.4 Å². The third-order valence-corrected chi connectivity index (χ3v) is 5.22. The van der Waals surface area contributed by atoms with Gasteiger partial charge in [0, 0.05) is 31.1 Å². The quantitative estimate of drug-likeness (QED) is 0.840. The van der Waals surface area contributed by atoms with E-state index >= 15 is 0 Å². The fraction of sp³-hybridized carbons (Fsp3) is 0.579. The highest BCUT2D eigenvalue weighted by Gasteiger charge is 2.35. The monoisotopic (exact) mass is 365 g/mol. The molecule has 1 aromatic rings. The maximum atomic E-state index is 12.5. The number of nitrogens with one attached hydrogen (secondary N) is 1. The standard InChI is InChI=1S/C19H27N3O2.ClH/c1-13(17(20)14-5-3-2-4-6-14)18(23)21-16-9-11-22(12-10-16)19(24)15-7-8-15;/h2-6,13,15-17H,7-12,20H2,1H3,(H,21,23);1H. The first-order valence-corrected chi connectivity index (χ1v) is 8.96. The van der Waals surface area contributed by atoms with E-state index in [-0.39, 0.29) is 42.2 Å². The van der Waals surface area contributed by atoms with Crippen molar-refractivity contribution in [2.75, 3.05) is 13.1 Å². The Bertz CT molecular complexity index is 584. The Balaban J connectivity index is 0.00000225. The number of hydrogen-bond acceptors (Lipinski definition) is 3. The van der Waals surface area contributed by atoms with E-state index in [1.165, 1.54) is 0 Å². The Labute approximate surface area is 155 Å². The molecule has 2 aliphatic rings. The molecule has 1 saturated carbocycles. The maximum absolute atomic E-state index is 12.5. The summed E-state index contributed by atoms with van der Waals surface area (Å²) in [5.41, 5.74) is 7.21. The van der Waals surface area contributed by atoms with Gasteiger partial charge in [-0.2, -0.15) is 0 Å². The van der Waals surface area contributed by atoms with Crippen molar-refractivity contribution in [3.63, 3.8) is 0 Å². The highest BCUT2D eigenvalue weighted by molar-refractivity contribution is 5.85. The summed E-state index contributed by atoms with van der Waals surface area (Å²) in [7, 11) is 0. The molecule has 0 aromatic heterocycles. The number of hydrogen-bond donors (Lipinski definition) is 2. The second kappa shape index (κ2) is 8.68. The summed E-state index contributed by atoms with van der Waals surface area (Å²) in [6.45, 7) is 3.37. The first kappa shape index (κ1) is 19.7. The van der Waals surface area contributed by atoms with E-state index in [1.54, 1.807) is 0 Å². The minimum atomic E-state index is -0.303. The smallest absolute Gasteiger partial charge is 0.225 e. The average molecular weight is 366 g/mol. The first-order chi connectivity index (χ1) is 11.6. The number of halogens is 1. The summed E-state index contributed by atoms with van der Waals surface area (Å²) < 4.78 is 0. The lowest BCUT2D eigenvalue weighted by molar-refractivity contribution is -0.133. The number of nitrogens with two attached hydrogens (primary N) is 1. The zero-order chi connectivity index (χ0) is 17.1. The van der Waals surface area contributed by atoms with Crippen molar-refractivity contribution < 1.29 is 9.59 Å². The number of piperidine rings is 1. The highest BCUT2D eigenvalue weighted by atomic mass is 35.5. The van der Waals surface area contributed by atoms with Crippen molar-refractivity contribution >= 4 is 24.2 Å². The molecule has 1 aromatic carbocycles. The Morgan fingerprint density at radius 1 is 1.12 bits per heavy atom. The van der Waals surface area contributed by atoms with E-state index in [0.717, 1.165) is 44.3 Å². The minimum absolute atomic E-state index is 0. The Hall–Kier alpha value is -1.59. The van der Waals surface area contributed by atoms with Gasteiger partial charge >= 0.3 is 0 Å². The van der Waals surface area contributed by atoms with Gasteiger partial charge in [0.05, 0.1) is 5.92 Å². The third-order valence-electron chi connectivity index (χ3n) is 5.22. The van der Waals surface area contributed by atoms with Gasteiger partial charge in [-0.3, -0.25) is 9.59 Å². The summed E-state index contributed by atoms with van der Waals surface area (Å²) in [5, 5.41) is 3.12. The lowest BCUT2D eigenvalue weighted by Crippen LogP contribution is -2.48. The molecule has 2 fully saturated rings. The van der Waals surface area contributed by atoms with Crippen LogP contribution < -0.4 is 11.1 Å². The number of nitrogens with zero attached hydrogens (tertiary/aromatic N) is 1. The van der Waals surface area contributed by atoms with Crippen molar-refractivity contribution in [2.45, 2.75) is 44.7 Å². The van der Waals surface area contributed by atoms with E-state index in [0.29, 0.717) is 5.91 Å². The largest absolute Gasteiger partial charge is 0.353 e. The number of likely N-dealkylation sites (tertiary alicyclic amines) is 1. The Kier molecular flexibility index (Phi) is 6.85. The van der Waals surface area contributed by atoms with Crippen LogP contribution >= 0.6 is 12.4 Å². The van der Waals surface area contributed by atoms with Crippen LogP contribution in [0.4, 0.5) is 0 Å². The first-order valence-electron chi connectivity index (χ1n) is 8.96. The molecule has 2 unspecified atom stereocenters. The normalized spacial score (nSPS) is 20.3. The van der Waals surface area contributed by atoms with Gasteiger partial charge in [-0.15, -0.1) is 12.4 Å². The fourth-order valence-corrected chi connectivity index (χ4v) is 3.29. The summed E-state index contributed by atoms with van der Waals surface area (Å²) in [6, 6.07) is 9.57. The molecule has 0 radical (unpaired) electrons. The molecule has 3 N–H and O–H groups in total. The van der Waals surface area contributed by atoms with Crippen LogP contribution in [0.5, 0.6) is 0 Å². The molecule has 138 valence electrons. The minimum Gasteiger partial charge on any atom is -0.353 e. The SMILES string of the molecule is CC(C(=O)NC1CCN(C(=O)C2CC2)CC1)C(N)c1ccccc1.Cl. The molecule has 0 bridgehead atoms. The molecule has 25 heavy (non-hydrogen) atoms. The molecule has 3 rings (SSSR count). The van der Waals surface area contributed by atoms with Crippen LogP contribution in [-0.4, -0.2) is 35.8 Å². The predicted molar refractivity (Wildman–Crippen MR) is 100 cm³/mol. The van der Waals surface area contributed by atoms with Gasteiger partial charge in [0.15, 0.2) is 0 Å². The van der Waals surface area contributed by atoms with E-state index in [1.807, 2.05) is 42.2 Å². The Morgan fingerprint density at radius 2 is 1.72 bits per heavy atom. The van der Waals surface area contributed by atoms with Crippen LogP contribution in [-0.2, 0) is 9.59 Å². The van der Waals surface area contributed by atoms with E-state index in [4.69, 9.17) is 5.73 Å². The lowest BCUT2D eigenvalue weighted by atomic mass is 9.94. The molecular weight excluding hydrogens is 338 g/mol. The van der Waals surface area contributed by atoms with Gasteiger partial charge in [0.25, 0.3) is 0 Å². The van der Waals surface area contributed by atoms with E-state index in [9.17, 15) is 9.59 Å². The molecule has 1 aliphatic heterocycles. The molecule has 0 spiro atoms. The highest BCUT2D eigenvalue weighted by Crippen LogP contribution is 2.32. The van der Waals surface area contributed by atoms with Crippen molar-refractivity contribution in [3.05, 3.63) is 35.9 Å². The van der Waals surface area contributed by atoms with Gasteiger partial charge in [-0.1, -0.05) is 37.3 Å².